The number of amides is 1. The molecule has 0 saturated carbocycles. The summed E-state index contributed by atoms with van der Waals surface area (Å²) in [5.41, 5.74) is 4.28. The van der Waals surface area contributed by atoms with Crippen molar-refractivity contribution in [2.24, 2.45) is 7.05 Å². The molecule has 0 unspecified atom stereocenters. The smallest absolute Gasteiger partial charge is 0.253 e. The fraction of sp³-hybridized carbons (Fsp3) is 0.500. The molecule has 0 radical (unpaired) electrons. The van der Waals surface area contributed by atoms with Gasteiger partial charge < -0.3 is 10.2 Å². The molecule has 25 heavy (non-hydrogen) atoms. The van der Waals surface area contributed by atoms with E-state index in [9.17, 15) is 4.79 Å². The zero-order valence-electron chi connectivity index (χ0n) is 16.2. The zero-order chi connectivity index (χ0) is 18.6. The van der Waals surface area contributed by atoms with Gasteiger partial charge in [0.05, 0.1) is 5.69 Å². The molecule has 0 atom stereocenters. The first kappa shape index (κ1) is 19.2. The van der Waals surface area contributed by atoms with Gasteiger partial charge >= 0.3 is 0 Å². The van der Waals surface area contributed by atoms with Gasteiger partial charge in [-0.05, 0) is 37.5 Å². The summed E-state index contributed by atoms with van der Waals surface area (Å²) in [6.07, 6.45) is 2.08. The Kier molecular flexibility index (Phi) is 6.37. The van der Waals surface area contributed by atoms with Crippen LogP contribution in [0, 0.1) is 0 Å². The van der Waals surface area contributed by atoms with Gasteiger partial charge in [-0.1, -0.05) is 26.0 Å². The largest absolute Gasteiger partial charge is 0.339 e. The third-order valence-electron chi connectivity index (χ3n) is 4.42. The van der Waals surface area contributed by atoms with Crippen molar-refractivity contribution >= 4 is 5.91 Å². The van der Waals surface area contributed by atoms with Crippen LogP contribution in [0.3, 0.4) is 0 Å². The first-order chi connectivity index (χ1) is 11.8. The van der Waals surface area contributed by atoms with Gasteiger partial charge in [0, 0.05) is 50.6 Å². The number of aromatic nitrogens is 2. The van der Waals surface area contributed by atoms with Gasteiger partial charge in [0.1, 0.15) is 0 Å². The molecule has 2 rings (SSSR count). The van der Waals surface area contributed by atoms with E-state index in [0.29, 0.717) is 5.92 Å². The second-order valence-corrected chi connectivity index (χ2v) is 7.18. The quantitative estimate of drug-likeness (QED) is 0.840. The number of benzene rings is 1. The standard InChI is InChI=1S/C20H30N4O/c1-14(2)19-18(13-23(5)22-19)12-21-11-16-7-9-17(10-8-16)20(25)24(6)15(3)4/h7-10,13-15,21H,11-12H2,1-6H3. The number of carbonyl (C=O) groups excluding carboxylic acids is 1. The van der Waals surface area contributed by atoms with Gasteiger partial charge in [-0.2, -0.15) is 5.10 Å². The number of hydrogen-bond donors (Lipinski definition) is 1. The first-order valence-electron chi connectivity index (χ1n) is 8.88. The molecule has 0 aliphatic heterocycles. The number of hydrogen-bond acceptors (Lipinski definition) is 3. The van der Waals surface area contributed by atoms with E-state index in [0.717, 1.165) is 24.3 Å². The second kappa shape index (κ2) is 8.30. The number of nitrogens with zero attached hydrogens (tertiary/aromatic N) is 3. The molecular weight excluding hydrogens is 312 g/mol. The normalized spacial score (nSPS) is 11.4. The van der Waals surface area contributed by atoms with Crippen molar-refractivity contribution in [3.63, 3.8) is 0 Å². The Bertz CT molecular complexity index is 701. The molecule has 5 heteroatoms. The van der Waals surface area contributed by atoms with Crippen LogP contribution in [0.1, 0.15) is 60.8 Å². The van der Waals surface area contributed by atoms with E-state index >= 15 is 0 Å². The minimum absolute atomic E-state index is 0.0615. The Morgan fingerprint density at radius 1 is 1.16 bits per heavy atom. The lowest BCUT2D eigenvalue weighted by atomic mass is 10.1. The number of rotatable bonds is 7. The maximum Gasteiger partial charge on any atom is 0.253 e. The molecule has 2 aromatic rings. The van der Waals surface area contributed by atoms with Crippen LogP contribution in [-0.4, -0.2) is 33.7 Å². The van der Waals surface area contributed by atoms with E-state index in [2.05, 4.69) is 30.5 Å². The average Bonchev–Trinajstić information content (AvgIpc) is 2.95. The van der Waals surface area contributed by atoms with Crippen molar-refractivity contribution in [1.29, 1.82) is 0 Å². The predicted octanol–water partition coefficient (Wildman–Crippen LogP) is 3.31. The van der Waals surface area contributed by atoms with Crippen molar-refractivity contribution < 1.29 is 4.79 Å². The average molecular weight is 342 g/mol. The highest BCUT2D eigenvalue weighted by atomic mass is 16.2. The summed E-state index contributed by atoms with van der Waals surface area (Å²) in [4.78, 5) is 14.1. The highest BCUT2D eigenvalue weighted by molar-refractivity contribution is 5.94. The van der Waals surface area contributed by atoms with Crippen molar-refractivity contribution in [2.45, 2.75) is 52.7 Å². The highest BCUT2D eigenvalue weighted by Crippen LogP contribution is 2.17. The fourth-order valence-corrected chi connectivity index (χ4v) is 2.72. The molecule has 0 fully saturated rings. The van der Waals surface area contributed by atoms with Crippen molar-refractivity contribution in [1.82, 2.24) is 20.0 Å². The van der Waals surface area contributed by atoms with Gasteiger partial charge in [0.25, 0.3) is 5.91 Å². The molecule has 0 bridgehead atoms. The van der Waals surface area contributed by atoms with Gasteiger partial charge in [-0.15, -0.1) is 0 Å². The zero-order valence-corrected chi connectivity index (χ0v) is 16.2. The van der Waals surface area contributed by atoms with E-state index in [4.69, 9.17) is 0 Å². The van der Waals surface area contributed by atoms with Crippen LogP contribution in [0.4, 0.5) is 0 Å². The predicted molar refractivity (Wildman–Crippen MR) is 102 cm³/mol. The molecule has 0 aliphatic rings. The molecule has 5 nitrogen and oxygen atoms in total. The monoisotopic (exact) mass is 342 g/mol. The lowest BCUT2D eigenvalue weighted by molar-refractivity contribution is 0.0755. The van der Waals surface area contributed by atoms with Gasteiger partial charge in [0.15, 0.2) is 0 Å². The summed E-state index contributed by atoms with van der Waals surface area (Å²) < 4.78 is 1.87. The van der Waals surface area contributed by atoms with Crippen LogP contribution in [0.15, 0.2) is 30.5 Å². The van der Waals surface area contributed by atoms with Crippen LogP contribution in [-0.2, 0) is 20.1 Å². The summed E-state index contributed by atoms with van der Waals surface area (Å²) in [6.45, 7) is 9.91. The third-order valence-corrected chi connectivity index (χ3v) is 4.42. The number of nitrogens with one attached hydrogen (secondary N) is 1. The molecule has 136 valence electrons. The minimum Gasteiger partial charge on any atom is -0.339 e. The molecule has 0 aliphatic carbocycles. The van der Waals surface area contributed by atoms with E-state index < -0.39 is 0 Å². The van der Waals surface area contributed by atoms with Crippen LogP contribution in [0.25, 0.3) is 0 Å². The van der Waals surface area contributed by atoms with E-state index in [-0.39, 0.29) is 11.9 Å². The van der Waals surface area contributed by atoms with Gasteiger partial charge in [0.2, 0.25) is 0 Å². The van der Waals surface area contributed by atoms with E-state index in [1.165, 1.54) is 11.1 Å². The SMILES string of the molecule is CC(C)c1nn(C)cc1CNCc1ccc(C(=O)N(C)C(C)C)cc1. The van der Waals surface area contributed by atoms with E-state index in [1.54, 1.807) is 4.90 Å². The first-order valence-corrected chi connectivity index (χ1v) is 8.88. The summed E-state index contributed by atoms with van der Waals surface area (Å²) in [6, 6.07) is 8.04. The second-order valence-electron chi connectivity index (χ2n) is 7.18. The number of aryl methyl sites for hydroxylation is 1. The molecule has 1 N–H and O–H groups in total. The minimum atomic E-state index is 0.0615. The van der Waals surface area contributed by atoms with Crippen LogP contribution in [0.2, 0.25) is 0 Å². The van der Waals surface area contributed by atoms with Crippen molar-refractivity contribution in [3.8, 4) is 0 Å². The summed E-state index contributed by atoms with van der Waals surface area (Å²) in [5.74, 6) is 0.479. The Labute approximate surface area is 151 Å². The van der Waals surface area contributed by atoms with Gasteiger partial charge in [-0.3, -0.25) is 9.48 Å². The van der Waals surface area contributed by atoms with Crippen molar-refractivity contribution in [3.05, 3.63) is 52.8 Å². The van der Waals surface area contributed by atoms with Crippen LogP contribution in [0.5, 0.6) is 0 Å². The molecular formula is C20H30N4O. The van der Waals surface area contributed by atoms with Gasteiger partial charge in [-0.25, -0.2) is 0 Å². The summed E-state index contributed by atoms with van der Waals surface area (Å²) >= 11 is 0. The Morgan fingerprint density at radius 3 is 2.36 bits per heavy atom. The number of carbonyl (C=O) groups is 1. The topological polar surface area (TPSA) is 50.2 Å². The Morgan fingerprint density at radius 2 is 1.80 bits per heavy atom. The van der Waals surface area contributed by atoms with Crippen LogP contribution < -0.4 is 5.32 Å². The maximum absolute atomic E-state index is 12.3. The maximum atomic E-state index is 12.3. The van der Waals surface area contributed by atoms with Crippen LogP contribution >= 0.6 is 0 Å². The van der Waals surface area contributed by atoms with Crippen molar-refractivity contribution in [2.75, 3.05) is 7.05 Å². The summed E-state index contributed by atoms with van der Waals surface area (Å²) in [7, 11) is 3.79. The Hall–Kier alpha value is -2.14. The molecule has 1 aromatic heterocycles. The molecule has 1 amide bonds. The molecule has 0 saturated heterocycles. The fourth-order valence-electron chi connectivity index (χ4n) is 2.72. The lowest BCUT2D eigenvalue weighted by Gasteiger charge is -2.21. The molecule has 1 aromatic carbocycles. The molecule has 1 heterocycles. The van der Waals surface area contributed by atoms with E-state index in [1.807, 2.05) is 56.9 Å². The third kappa shape index (κ3) is 4.92. The highest BCUT2D eigenvalue weighted by Gasteiger charge is 2.14. The lowest BCUT2D eigenvalue weighted by Crippen LogP contribution is -2.32. The Balaban J connectivity index is 1.93. The summed E-state index contributed by atoms with van der Waals surface area (Å²) in [5, 5.41) is 8.00. The molecule has 0 spiro atoms.